The molecule has 1 N–H and O–H groups in total. The Kier molecular flexibility index (Phi) is 4.39. The summed E-state index contributed by atoms with van der Waals surface area (Å²) in [6.45, 7) is 5.95. The summed E-state index contributed by atoms with van der Waals surface area (Å²) in [7, 11) is 0. The first-order valence-electron chi connectivity index (χ1n) is 8.37. The molecule has 1 aromatic rings. The molecule has 0 radical (unpaired) electrons. The maximum atomic E-state index is 12.6. The van der Waals surface area contributed by atoms with Gasteiger partial charge in [-0.2, -0.15) is 0 Å². The highest BCUT2D eigenvalue weighted by atomic mass is 16.6. The Balaban J connectivity index is 1.70. The minimum atomic E-state index is -0.486. The molecule has 3 heterocycles. The molecule has 2 saturated heterocycles. The van der Waals surface area contributed by atoms with E-state index in [1.54, 1.807) is 0 Å². The standard InChI is InChI=1S/C16H24N4O3/c1-11-5-6-12(2)19(11)13-4-3-7-18(10-13)16(21)15-8-14(9-17-15)20(22)23/h8-9,11-13,17H,3-7,10H2,1-2H3. The largest absolute Gasteiger partial charge is 0.351 e. The van der Waals surface area contributed by atoms with Gasteiger partial charge in [-0.25, -0.2) is 0 Å². The zero-order valence-corrected chi connectivity index (χ0v) is 13.7. The number of aromatic amines is 1. The van der Waals surface area contributed by atoms with Gasteiger partial charge in [0, 0.05) is 37.3 Å². The molecule has 126 valence electrons. The van der Waals surface area contributed by atoms with E-state index in [9.17, 15) is 14.9 Å². The number of rotatable bonds is 3. The van der Waals surface area contributed by atoms with Crippen LogP contribution in [0.1, 0.15) is 50.0 Å². The SMILES string of the molecule is CC1CCC(C)N1C1CCCN(C(=O)c2cc([N+](=O)[O-])c[nH]2)C1. The van der Waals surface area contributed by atoms with Gasteiger partial charge in [-0.15, -0.1) is 0 Å². The zero-order chi connectivity index (χ0) is 16.6. The van der Waals surface area contributed by atoms with Crippen LogP contribution in [0, 0.1) is 10.1 Å². The van der Waals surface area contributed by atoms with Crippen LogP contribution in [0.4, 0.5) is 5.69 Å². The van der Waals surface area contributed by atoms with E-state index < -0.39 is 4.92 Å². The van der Waals surface area contributed by atoms with Gasteiger partial charge in [0.2, 0.25) is 0 Å². The lowest BCUT2D eigenvalue weighted by atomic mass is 10.0. The van der Waals surface area contributed by atoms with Crippen LogP contribution in [0.25, 0.3) is 0 Å². The third kappa shape index (κ3) is 3.10. The van der Waals surface area contributed by atoms with Crippen molar-refractivity contribution >= 4 is 11.6 Å². The molecule has 2 aliphatic heterocycles. The number of nitrogens with one attached hydrogen (secondary N) is 1. The number of piperidine rings is 1. The maximum absolute atomic E-state index is 12.6. The number of hydrogen-bond donors (Lipinski definition) is 1. The summed E-state index contributed by atoms with van der Waals surface area (Å²) in [5.41, 5.74) is 0.239. The zero-order valence-electron chi connectivity index (χ0n) is 13.7. The van der Waals surface area contributed by atoms with Gasteiger partial charge in [0.25, 0.3) is 11.6 Å². The van der Waals surface area contributed by atoms with Crippen molar-refractivity contribution in [3.05, 3.63) is 28.1 Å². The molecule has 2 fully saturated rings. The summed E-state index contributed by atoms with van der Waals surface area (Å²) in [4.78, 5) is 30.0. The van der Waals surface area contributed by atoms with Gasteiger partial charge in [-0.3, -0.25) is 19.8 Å². The van der Waals surface area contributed by atoms with Gasteiger partial charge in [-0.05, 0) is 39.5 Å². The van der Waals surface area contributed by atoms with Crippen LogP contribution in [0.15, 0.2) is 12.3 Å². The lowest BCUT2D eigenvalue weighted by Crippen LogP contribution is -2.52. The van der Waals surface area contributed by atoms with E-state index in [0.717, 1.165) is 19.4 Å². The summed E-state index contributed by atoms with van der Waals surface area (Å²) in [6.07, 6.45) is 5.81. The molecule has 0 aliphatic carbocycles. The average molecular weight is 320 g/mol. The molecule has 2 aliphatic rings. The summed E-state index contributed by atoms with van der Waals surface area (Å²) in [5, 5.41) is 10.8. The molecular formula is C16H24N4O3. The van der Waals surface area contributed by atoms with Crippen molar-refractivity contribution in [2.45, 2.75) is 57.7 Å². The Morgan fingerprint density at radius 3 is 2.61 bits per heavy atom. The van der Waals surface area contributed by atoms with Crippen LogP contribution in [0.2, 0.25) is 0 Å². The smallest absolute Gasteiger partial charge is 0.287 e. The maximum Gasteiger partial charge on any atom is 0.287 e. The van der Waals surface area contributed by atoms with Crippen molar-refractivity contribution in [1.29, 1.82) is 0 Å². The van der Waals surface area contributed by atoms with Crippen LogP contribution >= 0.6 is 0 Å². The Morgan fingerprint density at radius 2 is 2.00 bits per heavy atom. The van der Waals surface area contributed by atoms with E-state index in [-0.39, 0.29) is 11.6 Å². The summed E-state index contributed by atoms with van der Waals surface area (Å²) >= 11 is 0. The number of aromatic nitrogens is 1. The van der Waals surface area contributed by atoms with Gasteiger partial charge in [0.15, 0.2) is 0 Å². The summed E-state index contributed by atoms with van der Waals surface area (Å²) < 4.78 is 0. The third-order valence-corrected chi connectivity index (χ3v) is 5.23. The normalized spacial score (nSPS) is 29.0. The Hall–Kier alpha value is -1.89. The monoisotopic (exact) mass is 320 g/mol. The van der Waals surface area contributed by atoms with E-state index in [1.807, 2.05) is 4.90 Å². The van der Waals surface area contributed by atoms with Gasteiger partial charge in [-0.1, -0.05) is 0 Å². The highest BCUT2D eigenvalue weighted by Crippen LogP contribution is 2.30. The second kappa shape index (κ2) is 6.31. The van der Waals surface area contributed by atoms with Gasteiger partial charge < -0.3 is 9.88 Å². The van der Waals surface area contributed by atoms with E-state index in [2.05, 4.69) is 23.7 Å². The molecule has 1 amide bonds. The molecule has 3 unspecified atom stereocenters. The topological polar surface area (TPSA) is 82.5 Å². The Labute approximate surface area is 135 Å². The predicted molar refractivity (Wildman–Crippen MR) is 86.4 cm³/mol. The van der Waals surface area contributed by atoms with Gasteiger partial charge in [0.05, 0.1) is 11.1 Å². The lowest BCUT2D eigenvalue weighted by molar-refractivity contribution is -0.384. The average Bonchev–Trinajstić information content (AvgIpc) is 3.14. The predicted octanol–water partition coefficient (Wildman–Crippen LogP) is 2.40. The number of H-pyrrole nitrogens is 1. The summed E-state index contributed by atoms with van der Waals surface area (Å²) in [6, 6.07) is 2.85. The van der Waals surface area contributed by atoms with Crippen molar-refractivity contribution < 1.29 is 9.72 Å². The third-order valence-electron chi connectivity index (χ3n) is 5.23. The number of nitro groups is 1. The molecule has 7 nitrogen and oxygen atoms in total. The highest BCUT2D eigenvalue weighted by molar-refractivity contribution is 5.93. The fourth-order valence-electron chi connectivity index (χ4n) is 4.10. The van der Waals surface area contributed by atoms with Gasteiger partial charge in [0.1, 0.15) is 5.69 Å². The lowest BCUT2D eigenvalue weighted by Gasteiger charge is -2.41. The second-order valence-electron chi connectivity index (χ2n) is 6.80. The van der Waals surface area contributed by atoms with Crippen molar-refractivity contribution in [2.75, 3.05) is 13.1 Å². The first-order chi connectivity index (χ1) is 11.0. The number of carbonyl (C=O) groups is 1. The first-order valence-corrected chi connectivity index (χ1v) is 8.37. The molecule has 0 spiro atoms. The number of nitrogens with zero attached hydrogens (tertiary/aromatic N) is 3. The summed E-state index contributed by atoms with van der Waals surface area (Å²) in [5.74, 6) is -0.137. The first kappa shape index (κ1) is 16.0. The van der Waals surface area contributed by atoms with Crippen molar-refractivity contribution in [2.24, 2.45) is 0 Å². The van der Waals surface area contributed by atoms with Crippen LogP contribution in [0.3, 0.4) is 0 Å². The molecule has 3 rings (SSSR count). The van der Waals surface area contributed by atoms with Crippen LogP contribution in [-0.4, -0.2) is 56.8 Å². The number of carbonyl (C=O) groups excluding carboxylic acids is 1. The quantitative estimate of drug-likeness (QED) is 0.685. The molecule has 0 bridgehead atoms. The Bertz CT molecular complexity index is 590. The van der Waals surface area contributed by atoms with Crippen LogP contribution in [-0.2, 0) is 0 Å². The molecule has 0 saturated carbocycles. The van der Waals surface area contributed by atoms with E-state index >= 15 is 0 Å². The number of amides is 1. The van der Waals surface area contributed by atoms with E-state index in [0.29, 0.717) is 30.4 Å². The van der Waals surface area contributed by atoms with E-state index in [1.165, 1.54) is 25.1 Å². The molecular weight excluding hydrogens is 296 g/mol. The fraction of sp³-hybridized carbons (Fsp3) is 0.688. The molecule has 3 atom stereocenters. The van der Waals surface area contributed by atoms with Crippen molar-refractivity contribution in [3.8, 4) is 0 Å². The number of hydrogen-bond acceptors (Lipinski definition) is 4. The molecule has 23 heavy (non-hydrogen) atoms. The Morgan fingerprint density at radius 1 is 1.30 bits per heavy atom. The van der Waals surface area contributed by atoms with Crippen molar-refractivity contribution in [1.82, 2.24) is 14.8 Å². The van der Waals surface area contributed by atoms with E-state index in [4.69, 9.17) is 0 Å². The second-order valence-corrected chi connectivity index (χ2v) is 6.80. The molecule has 0 aromatic carbocycles. The number of likely N-dealkylation sites (tertiary alicyclic amines) is 2. The minimum absolute atomic E-state index is 0.0660. The molecule has 7 heteroatoms. The minimum Gasteiger partial charge on any atom is -0.351 e. The van der Waals surface area contributed by atoms with Crippen molar-refractivity contribution in [3.63, 3.8) is 0 Å². The fourth-order valence-corrected chi connectivity index (χ4v) is 4.10. The van der Waals surface area contributed by atoms with Crippen LogP contribution in [0.5, 0.6) is 0 Å². The van der Waals surface area contributed by atoms with Gasteiger partial charge >= 0.3 is 0 Å². The molecule has 1 aromatic heterocycles. The van der Waals surface area contributed by atoms with Crippen LogP contribution < -0.4 is 0 Å². The highest BCUT2D eigenvalue weighted by Gasteiger charge is 2.36.